The standard InChI is InChI=1S/C16H17NO3/c18-15-8-6-13(7-9-15)12-17(11-10-16(19)20)14-4-2-1-3-5-14/h1-9,18H,10-12H2,(H,19,20). The lowest BCUT2D eigenvalue weighted by Crippen LogP contribution is -2.25. The molecule has 104 valence electrons. The van der Waals surface area contributed by atoms with Crippen molar-refractivity contribution in [2.24, 2.45) is 0 Å². The number of nitrogens with zero attached hydrogens (tertiary/aromatic N) is 1. The van der Waals surface area contributed by atoms with Crippen LogP contribution in [0.1, 0.15) is 12.0 Å². The third-order valence-electron chi connectivity index (χ3n) is 3.03. The summed E-state index contributed by atoms with van der Waals surface area (Å²) in [6.45, 7) is 1.05. The molecule has 4 nitrogen and oxygen atoms in total. The van der Waals surface area contributed by atoms with Gasteiger partial charge in [-0.2, -0.15) is 0 Å². The fraction of sp³-hybridized carbons (Fsp3) is 0.188. The van der Waals surface area contributed by atoms with Gasteiger partial charge >= 0.3 is 5.97 Å². The summed E-state index contributed by atoms with van der Waals surface area (Å²) in [5, 5.41) is 18.1. The van der Waals surface area contributed by atoms with E-state index in [1.165, 1.54) is 0 Å². The Morgan fingerprint density at radius 2 is 1.65 bits per heavy atom. The van der Waals surface area contributed by atoms with E-state index in [-0.39, 0.29) is 12.2 Å². The Morgan fingerprint density at radius 3 is 2.25 bits per heavy atom. The summed E-state index contributed by atoms with van der Waals surface area (Å²) >= 11 is 0. The van der Waals surface area contributed by atoms with Gasteiger partial charge in [-0.1, -0.05) is 30.3 Å². The predicted molar refractivity (Wildman–Crippen MR) is 77.9 cm³/mol. The maximum absolute atomic E-state index is 10.8. The summed E-state index contributed by atoms with van der Waals surface area (Å²) in [4.78, 5) is 12.8. The predicted octanol–water partition coefficient (Wildman–Crippen LogP) is 2.87. The summed E-state index contributed by atoms with van der Waals surface area (Å²) in [5.41, 5.74) is 2.01. The fourth-order valence-electron chi connectivity index (χ4n) is 1.99. The van der Waals surface area contributed by atoms with Crippen LogP contribution in [0.3, 0.4) is 0 Å². The van der Waals surface area contributed by atoms with Gasteiger partial charge in [-0.05, 0) is 29.8 Å². The Morgan fingerprint density at radius 1 is 1.00 bits per heavy atom. The third-order valence-corrected chi connectivity index (χ3v) is 3.03. The van der Waals surface area contributed by atoms with Gasteiger partial charge in [0.2, 0.25) is 0 Å². The summed E-state index contributed by atoms with van der Waals surface area (Å²) < 4.78 is 0. The number of benzene rings is 2. The molecule has 0 aliphatic heterocycles. The van der Waals surface area contributed by atoms with Crippen LogP contribution in [0.5, 0.6) is 5.75 Å². The maximum atomic E-state index is 10.8. The van der Waals surface area contributed by atoms with Crippen molar-refractivity contribution in [3.8, 4) is 5.75 Å². The molecule has 0 heterocycles. The highest BCUT2D eigenvalue weighted by Gasteiger charge is 2.09. The maximum Gasteiger partial charge on any atom is 0.305 e. The smallest absolute Gasteiger partial charge is 0.305 e. The van der Waals surface area contributed by atoms with Crippen LogP contribution in [0.4, 0.5) is 5.69 Å². The molecule has 0 aromatic heterocycles. The molecule has 2 aromatic carbocycles. The van der Waals surface area contributed by atoms with Crippen molar-refractivity contribution in [3.05, 3.63) is 60.2 Å². The number of anilines is 1. The second-order valence-electron chi connectivity index (χ2n) is 4.57. The van der Waals surface area contributed by atoms with Crippen molar-refractivity contribution < 1.29 is 15.0 Å². The molecule has 0 atom stereocenters. The highest BCUT2D eigenvalue weighted by atomic mass is 16.4. The van der Waals surface area contributed by atoms with Crippen LogP contribution in [0, 0.1) is 0 Å². The van der Waals surface area contributed by atoms with E-state index >= 15 is 0 Å². The number of rotatable bonds is 6. The molecule has 2 rings (SSSR count). The zero-order chi connectivity index (χ0) is 14.4. The topological polar surface area (TPSA) is 60.8 Å². The minimum absolute atomic E-state index is 0.0903. The number of carboxylic acids is 1. The number of phenolic OH excluding ortho intramolecular Hbond substituents is 1. The molecule has 2 aromatic rings. The second kappa shape index (κ2) is 6.61. The minimum Gasteiger partial charge on any atom is -0.508 e. The molecule has 0 saturated heterocycles. The summed E-state index contributed by atoms with van der Waals surface area (Å²) in [6.07, 6.45) is 0.0903. The molecule has 20 heavy (non-hydrogen) atoms. The quantitative estimate of drug-likeness (QED) is 0.848. The Kier molecular flexibility index (Phi) is 4.60. The minimum atomic E-state index is -0.809. The Labute approximate surface area is 117 Å². The molecule has 0 saturated carbocycles. The third kappa shape index (κ3) is 4.02. The van der Waals surface area contributed by atoms with Gasteiger partial charge in [-0.25, -0.2) is 0 Å². The molecule has 0 unspecified atom stereocenters. The van der Waals surface area contributed by atoms with Crippen LogP contribution < -0.4 is 4.90 Å². The number of aliphatic carboxylic acids is 1. The molecule has 0 bridgehead atoms. The van der Waals surface area contributed by atoms with Crippen LogP contribution >= 0.6 is 0 Å². The van der Waals surface area contributed by atoms with E-state index in [0.29, 0.717) is 13.1 Å². The Bertz CT molecular complexity index is 552. The lowest BCUT2D eigenvalue weighted by atomic mass is 10.2. The van der Waals surface area contributed by atoms with Crippen molar-refractivity contribution in [2.75, 3.05) is 11.4 Å². The Balaban J connectivity index is 2.13. The highest BCUT2D eigenvalue weighted by Crippen LogP contribution is 2.18. The first-order valence-electron chi connectivity index (χ1n) is 6.45. The molecule has 0 fully saturated rings. The van der Waals surface area contributed by atoms with Gasteiger partial charge in [0.05, 0.1) is 6.42 Å². The molecule has 0 amide bonds. The second-order valence-corrected chi connectivity index (χ2v) is 4.57. The molecular weight excluding hydrogens is 254 g/mol. The summed E-state index contributed by atoms with van der Waals surface area (Å²) in [6, 6.07) is 16.7. The van der Waals surface area contributed by atoms with E-state index in [1.807, 2.05) is 47.4 Å². The van der Waals surface area contributed by atoms with Gasteiger partial charge in [0, 0.05) is 18.8 Å². The summed E-state index contributed by atoms with van der Waals surface area (Å²) in [5.74, 6) is -0.581. The number of carbonyl (C=O) groups is 1. The first kappa shape index (κ1) is 13.9. The highest BCUT2D eigenvalue weighted by molar-refractivity contribution is 5.67. The van der Waals surface area contributed by atoms with E-state index in [1.54, 1.807) is 12.1 Å². The lowest BCUT2D eigenvalue weighted by Gasteiger charge is -2.24. The molecular formula is C16H17NO3. The fourth-order valence-corrected chi connectivity index (χ4v) is 1.99. The van der Waals surface area contributed by atoms with E-state index in [0.717, 1.165) is 11.3 Å². The first-order valence-corrected chi connectivity index (χ1v) is 6.45. The average Bonchev–Trinajstić information content (AvgIpc) is 2.46. The molecule has 0 aliphatic rings. The van der Waals surface area contributed by atoms with Gasteiger partial charge in [0.15, 0.2) is 0 Å². The monoisotopic (exact) mass is 271 g/mol. The van der Waals surface area contributed by atoms with Crippen molar-refractivity contribution in [2.45, 2.75) is 13.0 Å². The lowest BCUT2D eigenvalue weighted by molar-refractivity contribution is -0.136. The van der Waals surface area contributed by atoms with Gasteiger partial charge in [0.25, 0.3) is 0 Å². The number of phenols is 1. The zero-order valence-corrected chi connectivity index (χ0v) is 11.1. The molecule has 0 radical (unpaired) electrons. The van der Waals surface area contributed by atoms with Crippen LogP contribution in [0.25, 0.3) is 0 Å². The number of hydrogen-bond donors (Lipinski definition) is 2. The van der Waals surface area contributed by atoms with E-state index in [9.17, 15) is 9.90 Å². The van der Waals surface area contributed by atoms with Crippen molar-refractivity contribution >= 4 is 11.7 Å². The van der Waals surface area contributed by atoms with Gasteiger partial charge in [-0.15, -0.1) is 0 Å². The number of hydrogen-bond acceptors (Lipinski definition) is 3. The Hall–Kier alpha value is -2.49. The SMILES string of the molecule is O=C(O)CCN(Cc1ccc(O)cc1)c1ccccc1. The molecule has 2 N–H and O–H groups in total. The van der Waals surface area contributed by atoms with Crippen molar-refractivity contribution in [1.29, 1.82) is 0 Å². The first-order chi connectivity index (χ1) is 9.65. The molecule has 0 spiro atoms. The van der Waals surface area contributed by atoms with Crippen LogP contribution in [0.15, 0.2) is 54.6 Å². The molecule has 0 aliphatic carbocycles. The average molecular weight is 271 g/mol. The largest absolute Gasteiger partial charge is 0.508 e. The van der Waals surface area contributed by atoms with Gasteiger partial charge in [-0.3, -0.25) is 4.79 Å². The van der Waals surface area contributed by atoms with E-state index in [4.69, 9.17) is 5.11 Å². The van der Waals surface area contributed by atoms with Crippen molar-refractivity contribution in [1.82, 2.24) is 0 Å². The normalized spacial score (nSPS) is 10.2. The van der Waals surface area contributed by atoms with E-state index in [2.05, 4.69) is 0 Å². The van der Waals surface area contributed by atoms with E-state index < -0.39 is 5.97 Å². The number of aromatic hydroxyl groups is 1. The van der Waals surface area contributed by atoms with Crippen LogP contribution in [-0.4, -0.2) is 22.7 Å². The van der Waals surface area contributed by atoms with Gasteiger partial charge in [0.1, 0.15) is 5.75 Å². The molecule has 4 heteroatoms. The number of carboxylic acid groups (broad SMARTS) is 1. The van der Waals surface area contributed by atoms with Crippen molar-refractivity contribution in [3.63, 3.8) is 0 Å². The summed E-state index contributed by atoms with van der Waals surface area (Å²) in [7, 11) is 0. The van der Waals surface area contributed by atoms with Gasteiger partial charge < -0.3 is 15.1 Å². The zero-order valence-electron chi connectivity index (χ0n) is 11.1. The number of para-hydroxylation sites is 1. The van der Waals surface area contributed by atoms with Crippen LogP contribution in [-0.2, 0) is 11.3 Å². The van der Waals surface area contributed by atoms with Crippen LogP contribution in [0.2, 0.25) is 0 Å².